The topological polar surface area (TPSA) is 50.6 Å². The van der Waals surface area contributed by atoms with Crippen LogP contribution in [0.15, 0.2) is 12.4 Å². The van der Waals surface area contributed by atoms with E-state index >= 15 is 0 Å². The van der Waals surface area contributed by atoms with Crippen LogP contribution < -0.4 is 0 Å². The molecule has 0 spiro atoms. The third-order valence-corrected chi connectivity index (χ3v) is 5.77. The molecule has 140 valence electrons. The van der Waals surface area contributed by atoms with E-state index in [9.17, 15) is 4.79 Å². The summed E-state index contributed by atoms with van der Waals surface area (Å²) < 4.78 is 7.37. The number of rotatable bonds is 3. The molecule has 6 heteroatoms. The van der Waals surface area contributed by atoms with Crippen molar-refractivity contribution in [2.75, 3.05) is 19.7 Å². The number of ether oxygens (including phenoxy) is 1. The molecule has 2 fully saturated rings. The maximum Gasteiger partial charge on any atom is 0.410 e. The van der Waals surface area contributed by atoms with Crippen LogP contribution in [0.4, 0.5) is 4.79 Å². The number of nitrogens with zero attached hydrogens (tertiary/aromatic N) is 4. The van der Waals surface area contributed by atoms with Gasteiger partial charge in [0.25, 0.3) is 0 Å². The van der Waals surface area contributed by atoms with Gasteiger partial charge in [0.2, 0.25) is 0 Å². The van der Waals surface area contributed by atoms with E-state index in [1.807, 2.05) is 18.0 Å². The summed E-state index contributed by atoms with van der Waals surface area (Å²) in [6.45, 7) is 10.9. The molecule has 2 unspecified atom stereocenters. The van der Waals surface area contributed by atoms with Crippen molar-refractivity contribution in [2.24, 2.45) is 0 Å². The molecule has 3 rings (SSSR count). The Kier molecular flexibility index (Phi) is 5.67. The zero-order valence-electron chi connectivity index (χ0n) is 16.0. The number of aryl methyl sites for hydroxylation is 1. The molecule has 0 saturated carbocycles. The molecule has 0 aromatic carbocycles. The second kappa shape index (κ2) is 7.77. The molecule has 0 aliphatic carbocycles. The first-order valence-corrected chi connectivity index (χ1v) is 9.69. The molecule has 2 saturated heterocycles. The molecule has 1 aromatic rings. The van der Waals surface area contributed by atoms with Crippen molar-refractivity contribution in [1.29, 1.82) is 0 Å². The zero-order valence-corrected chi connectivity index (χ0v) is 16.0. The number of aromatic nitrogens is 2. The fourth-order valence-electron chi connectivity index (χ4n) is 4.55. The minimum atomic E-state index is -0.159. The van der Waals surface area contributed by atoms with E-state index in [0.717, 1.165) is 38.8 Å². The van der Waals surface area contributed by atoms with Crippen LogP contribution in [0.25, 0.3) is 0 Å². The van der Waals surface area contributed by atoms with E-state index in [2.05, 4.69) is 41.6 Å². The molecule has 2 aliphatic rings. The summed E-state index contributed by atoms with van der Waals surface area (Å²) >= 11 is 0. The van der Waals surface area contributed by atoms with Crippen LogP contribution in [-0.2, 0) is 4.74 Å². The van der Waals surface area contributed by atoms with E-state index < -0.39 is 0 Å². The lowest BCUT2D eigenvalue weighted by Crippen LogP contribution is -2.56. The fourth-order valence-corrected chi connectivity index (χ4v) is 4.55. The molecular weight excluding hydrogens is 316 g/mol. The quantitative estimate of drug-likeness (QED) is 0.841. The van der Waals surface area contributed by atoms with Crippen molar-refractivity contribution in [3.05, 3.63) is 18.0 Å². The maximum absolute atomic E-state index is 12.2. The molecule has 3 heterocycles. The number of amides is 1. The highest BCUT2D eigenvalue weighted by Crippen LogP contribution is 2.31. The minimum Gasteiger partial charge on any atom is -0.450 e. The van der Waals surface area contributed by atoms with Crippen LogP contribution in [0.5, 0.6) is 0 Å². The van der Waals surface area contributed by atoms with Gasteiger partial charge in [-0.1, -0.05) is 0 Å². The van der Waals surface area contributed by atoms with Crippen LogP contribution in [0.1, 0.15) is 58.1 Å². The first-order chi connectivity index (χ1) is 12.0. The highest BCUT2D eigenvalue weighted by atomic mass is 16.6. The van der Waals surface area contributed by atoms with E-state index in [1.165, 1.54) is 5.56 Å². The largest absolute Gasteiger partial charge is 0.450 e. The Morgan fingerprint density at radius 3 is 2.36 bits per heavy atom. The molecule has 1 amide bonds. The summed E-state index contributed by atoms with van der Waals surface area (Å²) in [7, 11) is 0. The summed E-state index contributed by atoms with van der Waals surface area (Å²) in [4.78, 5) is 16.7. The van der Waals surface area contributed by atoms with Gasteiger partial charge in [-0.25, -0.2) is 4.79 Å². The Bertz CT molecular complexity index is 568. The van der Waals surface area contributed by atoms with Crippen LogP contribution in [0.3, 0.4) is 0 Å². The van der Waals surface area contributed by atoms with E-state index in [4.69, 9.17) is 4.74 Å². The van der Waals surface area contributed by atoms with Crippen molar-refractivity contribution in [2.45, 2.75) is 77.5 Å². The standard InChI is InChI=1S/C19H32N4O2/c1-5-25-19(24)23-15(3)10-18(11-16(23)4)21-8-6-17(7-9-21)22-13-14(2)12-20-22/h12-13,15-18H,5-11H2,1-4H3. The van der Waals surface area contributed by atoms with Crippen LogP contribution in [0, 0.1) is 6.92 Å². The van der Waals surface area contributed by atoms with Gasteiger partial charge in [-0.2, -0.15) is 5.10 Å². The van der Waals surface area contributed by atoms with Gasteiger partial charge in [-0.3, -0.25) is 4.68 Å². The molecule has 0 bridgehead atoms. The minimum absolute atomic E-state index is 0.159. The average Bonchev–Trinajstić information content (AvgIpc) is 3.01. The molecular formula is C19H32N4O2. The van der Waals surface area contributed by atoms with Gasteiger partial charge in [0.15, 0.2) is 0 Å². The summed E-state index contributed by atoms with van der Waals surface area (Å²) in [5, 5.41) is 4.49. The molecule has 25 heavy (non-hydrogen) atoms. The number of piperidine rings is 2. The third-order valence-electron chi connectivity index (χ3n) is 5.77. The summed E-state index contributed by atoms with van der Waals surface area (Å²) in [6, 6.07) is 1.56. The lowest BCUT2D eigenvalue weighted by molar-refractivity contribution is 0.0152. The SMILES string of the molecule is CCOC(=O)N1C(C)CC(N2CCC(n3cc(C)cn3)CC2)CC1C. The summed E-state index contributed by atoms with van der Waals surface area (Å²) in [6.07, 6.45) is 8.32. The Hall–Kier alpha value is -1.56. The van der Waals surface area contributed by atoms with Crippen molar-refractivity contribution in [3.8, 4) is 0 Å². The van der Waals surface area contributed by atoms with Gasteiger partial charge in [0.05, 0.1) is 18.8 Å². The number of carbonyl (C=O) groups excluding carboxylic acids is 1. The van der Waals surface area contributed by atoms with Gasteiger partial charge in [0.1, 0.15) is 0 Å². The van der Waals surface area contributed by atoms with Crippen molar-refractivity contribution >= 4 is 6.09 Å². The van der Waals surface area contributed by atoms with E-state index in [0.29, 0.717) is 18.7 Å². The van der Waals surface area contributed by atoms with Crippen molar-refractivity contribution in [3.63, 3.8) is 0 Å². The summed E-state index contributed by atoms with van der Waals surface area (Å²) in [5.41, 5.74) is 1.23. The van der Waals surface area contributed by atoms with Gasteiger partial charge in [0, 0.05) is 37.4 Å². The predicted molar refractivity (Wildman–Crippen MR) is 97.6 cm³/mol. The van der Waals surface area contributed by atoms with Gasteiger partial charge in [-0.05, 0) is 58.9 Å². The second-order valence-electron chi connectivity index (χ2n) is 7.69. The van der Waals surface area contributed by atoms with E-state index in [1.54, 1.807) is 0 Å². The van der Waals surface area contributed by atoms with Crippen LogP contribution in [0.2, 0.25) is 0 Å². The molecule has 2 aliphatic heterocycles. The number of hydrogen-bond acceptors (Lipinski definition) is 4. The Morgan fingerprint density at radius 1 is 1.20 bits per heavy atom. The maximum atomic E-state index is 12.2. The number of hydrogen-bond donors (Lipinski definition) is 0. The third kappa shape index (κ3) is 4.00. The lowest BCUT2D eigenvalue weighted by atomic mass is 9.90. The second-order valence-corrected chi connectivity index (χ2v) is 7.69. The van der Waals surface area contributed by atoms with Gasteiger partial charge in [-0.15, -0.1) is 0 Å². The molecule has 1 aromatic heterocycles. The average molecular weight is 348 g/mol. The van der Waals surface area contributed by atoms with Crippen LogP contribution in [-0.4, -0.2) is 63.5 Å². The summed E-state index contributed by atoms with van der Waals surface area (Å²) in [5.74, 6) is 0. The predicted octanol–water partition coefficient (Wildman–Crippen LogP) is 3.23. The van der Waals surface area contributed by atoms with Crippen molar-refractivity contribution < 1.29 is 9.53 Å². The van der Waals surface area contributed by atoms with Crippen molar-refractivity contribution in [1.82, 2.24) is 19.6 Å². The normalized spacial score (nSPS) is 29.0. The number of likely N-dealkylation sites (tertiary alicyclic amines) is 2. The Balaban J connectivity index is 1.55. The number of carbonyl (C=O) groups is 1. The molecule has 2 atom stereocenters. The molecule has 0 N–H and O–H groups in total. The van der Waals surface area contributed by atoms with Gasteiger partial charge < -0.3 is 14.5 Å². The first-order valence-electron chi connectivity index (χ1n) is 9.69. The van der Waals surface area contributed by atoms with Gasteiger partial charge >= 0.3 is 6.09 Å². The highest BCUT2D eigenvalue weighted by Gasteiger charge is 2.38. The van der Waals surface area contributed by atoms with Crippen LogP contribution >= 0.6 is 0 Å². The lowest BCUT2D eigenvalue weighted by Gasteiger charge is -2.47. The Labute approximate surface area is 151 Å². The Morgan fingerprint density at radius 2 is 1.84 bits per heavy atom. The first kappa shape index (κ1) is 18.2. The molecule has 0 radical (unpaired) electrons. The van der Waals surface area contributed by atoms with E-state index in [-0.39, 0.29) is 18.2 Å². The smallest absolute Gasteiger partial charge is 0.410 e. The molecule has 6 nitrogen and oxygen atoms in total. The highest BCUT2D eigenvalue weighted by molar-refractivity contribution is 5.68. The monoisotopic (exact) mass is 348 g/mol. The zero-order chi connectivity index (χ0) is 18.0. The fraction of sp³-hybridized carbons (Fsp3) is 0.789.